The first-order valence-corrected chi connectivity index (χ1v) is 5.39. The van der Waals surface area contributed by atoms with Gasteiger partial charge in [0.05, 0.1) is 12.4 Å². The van der Waals surface area contributed by atoms with E-state index in [0.29, 0.717) is 11.0 Å². The predicted octanol–water partition coefficient (Wildman–Crippen LogP) is 2.80. The molecule has 0 saturated heterocycles. The van der Waals surface area contributed by atoms with E-state index in [0.717, 1.165) is 6.54 Å². The van der Waals surface area contributed by atoms with Crippen LogP contribution in [0.5, 0.6) is 0 Å². The average Bonchev–Trinajstić information content (AvgIpc) is 2.67. The third-order valence-corrected chi connectivity index (χ3v) is 2.57. The van der Waals surface area contributed by atoms with Crippen molar-refractivity contribution in [3.63, 3.8) is 0 Å². The van der Waals surface area contributed by atoms with Gasteiger partial charge in [-0.15, -0.1) is 0 Å². The normalized spacial score (nSPS) is 10.1. The number of hydrogen-bond acceptors (Lipinski definition) is 4. The molecule has 1 N–H and O–H groups in total. The standard InChI is InChI=1S/C9H8ClN3S/c10-8-4-11-5-9(13-8)12-3-7-1-2-14-6-7/h1-2,4-6H,3H2,(H,12,13). The summed E-state index contributed by atoms with van der Waals surface area (Å²) in [7, 11) is 0. The topological polar surface area (TPSA) is 37.8 Å². The first-order chi connectivity index (χ1) is 6.84. The van der Waals surface area contributed by atoms with Crippen LogP contribution in [0.1, 0.15) is 5.56 Å². The van der Waals surface area contributed by atoms with Crippen LogP contribution in [0.25, 0.3) is 0 Å². The summed E-state index contributed by atoms with van der Waals surface area (Å²) in [5.41, 5.74) is 1.23. The summed E-state index contributed by atoms with van der Waals surface area (Å²) in [5, 5.41) is 7.67. The summed E-state index contributed by atoms with van der Waals surface area (Å²) in [5.74, 6) is 0.698. The van der Waals surface area contributed by atoms with Gasteiger partial charge in [-0.3, -0.25) is 4.98 Å². The van der Waals surface area contributed by atoms with Gasteiger partial charge in [0, 0.05) is 6.54 Å². The van der Waals surface area contributed by atoms with Gasteiger partial charge in [0.25, 0.3) is 0 Å². The third kappa shape index (κ3) is 2.43. The molecule has 0 saturated carbocycles. The third-order valence-electron chi connectivity index (χ3n) is 1.66. The van der Waals surface area contributed by atoms with E-state index in [9.17, 15) is 0 Å². The van der Waals surface area contributed by atoms with Gasteiger partial charge in [0.1, 0.15) is 11.0 Å². The highest BCUT2D eigenvalue weighted by molar-refractivity contribution is 7.07. The average molecular weight is 226 g/mol. The van der Waals surface area contributed by atoms with Crippen molar-refractivity contribution >= 4 is 28.8 Å². The minimum absolute atomic E-state index is 0.403. The Balaban J connectivity index is 1.98. The Morgan fingerprint density at radius 2 is 2.36 bits per heavy atom. The summed E-state index contributed by atoms with van der Waals surface area (Å²) in [6.45, 7) is 0.749. The highest BCUT2D eigenvalue weighted by atomic mass is 35.5. The van der Waals surface area contributed by atoms with Crippen LogP contribution in [-0.4, -0.2) is 9.97 Å². The van der Waals surface area contributed by atoms with Gasteiger partial charge in [-0.25, -0.2) is 4.98 Å². The van der Waals surface area contributed by atoms with E-state index in [1.54, 1.807) is 17.5 Å². The lowest BCUT2D eigenvalue weighted by molar-refractivity contribution is 1.09. The number of halogens is 1. The van der Waals surface area contributed by atoms with Crippen LogP contribution in [-0.2, 0) is 6.54 Å². The van der Waals surface area contributed by atoms with Gasteiger partial charge in [-0.05, 0) is 22.4 Å². The molecular formula is C9H8ClN3S. The Morgan fingerprint density at radius 3 is 3.07 bits per heavy atom. The van der Waals surface area contributed by atoms with Crippen molar-refractivity contribution in [3.05, 3.63) is 39.9 Å². The summed E-state index contributed by atoms with van der Waals surface area (Å²) in [4.78, 5) is 8.00. The van der Waals surface area contributed by atoms with Crippen molar-refractivity contribution in [2.75, 3.05) is 5.32 Å². The number of anilines is 1. The molecule has 3 nitrogen and oxygen atoms in total. The molecule has 0 amide bonds. The fourth-order valence-corrected chi connectivity index (χ4v) is 1.83. The van der Waals surface area contributed by atoms with Crippen molar-refractivity contribution in [1.82, 2.24) is 9.97 Å². The van der Waals surface area contributed by atoms with Gasteiger partial charge in [0.2, 0.25) is 0 Å². The Bertz CT molecular complexity index is 402. The number of rotatable bonds is 3. The van der Waals surface area contributed by atoms with Crippen LogP contribution in [0.2, 0.25) is 5.15 Å². The smallest absolute Gasteiger partial charge is 0.149 e. The lowest BCUT2D eigenvalue weighted by Gasteiger charge is -2.02. The van der Waals surface area contributed by atoms with Gasteiger partial charge < -0.3 is 5.32 Å². The molecule has 0 bridgehead atoms. The second-order valence-corrected chi connectivity index (χ2v) is 3.88. The maximum absolute atomic E-state index is 5.69. The number of aromatic nitrogens is 2. The van der Waals surface area contributed by atoms with Crippen LogP contribution in [0, 0.1) is 0 Å². The van der Waals surface area contributed by atoms with E-state index in [4.69, 9.17) is 11.6 Å². The van der Waals surface area contributed by atoms with Crippen molar-refractivity contribution in [2.45, 2.75) is 6.54 Å². The summed E-state index contributed by atoms with van der Waals surface area (Å²) in [6.07, 6.45) is 3.16. The minimum Gasteiger partial charge on any atom is -0.365 e. The molecule has 2 aromatic heterocycles. The van der Waals surface area contributed by atoms with Crippen molar-refractivity contribution in [3.8, 4) is 0 Å². The highest BCUT2D eigenvalue weighted by Gasteiger charge is 1.96. The van der Waals surface area contributed by atoms with Crippen LogP contribution >= 0.6 is 22.9 Å². The van der Waals surface area contributed by atoms with E-state index >= 15 is 0 Å². The van der Waals surface area contributed by atoms with Crippen molar-refractivity contribution < 1.29 is 0 Å². The number of thiophene rings is 1. The lowest BCUT2D eigenvalue weighted by Crippen LogP contribution is -2.00. The molecule has 0 atom stereocenters. The molecule has 0 spiro atoms. The Labute approximate surface area is 90.8 Å². The fraction of sp³-hybridized carbons (Fsp3) is 0.111. The van der Waals surface area contributed by atoms with E-state index in [2.05, 4.69) is 26.7 Å². The molecule has 0 aliphatic heterocycles. The molecule has 5 heteroatoms. The quantitative estimate of drug-likeness (QED) is 0.873. The zero-order chi connectivity index (χ0) is 9.80. The molecule has 72 valence electrons. The van der Waals surface area contributed by atoms with E-state index < -0.39 is 0 Å². The molecule has 0 unspecified atom stereocenters. The Kier molecular flexibility index (Phi) is 2.96. The van der Waals surface area contributed by atoms with E-state index in [1.807, 2.05) is 5.38 Å². The molecule has 0 aliphatic rings. The monoisotopic (exact) mass is 225 g/mol. The molecule has 2 aromatic rings. The van der Waals surface area contributed by atoms with Gasteiger partial charge in [-0.1, -0.05) is 11.6 Å². The zero-order valence-corrected chi connectivity index (χ0v) is 8.85. The predicted molar refractivity (Wildman–Crippen MR) is 58.7 cm³/mol. The summed E-state index contributed by atoms with van der Waals surface area (Å²) >= 11 is 7.37. The first kappa shape index (κ1) is 9.43. The molecular weight excluding hydrogens is 218 g/mol. The van der Waals surface area contributed by atoms with Gasteiger partial charge in [0.15, 0.2) is 0 Å². The fourth-order valence-electron chi connectivity index (χ4n) is 1.01. The first-order valence-electron chi connectivity index (χ1n) is 4.07. The van der Waals surface area contributed by atoms with Gasteiger partial charge in [-0.2, -0.15) is 11.3 Å². The minimum atomic E-state index is 0.403. The van der Waals surface area contributed by atoms with Crippen molar-refractivity contribution in [2.24, 2.45) is 0 Å². The second kappa shape index (κ2) is 4.39. The SMILES string of the molecule is Clc1cncc(NCc2ccsc2)n1. The molecule has 0 radical (unpaired) electrons. The number of nitrogens with one attached hydrogen (secondary N) is 1. The van der Waals surface area contributed by atoms with Crippen LogP contribution in [0.15, 0.2) is 29.2 Å². The molecule has 2 rings (SSSR count). The van der Waals surface area contributed by atoms with E-state index in [-0.39, 0.29) is 0 Å². The maximum atomic E-state index is 5.69. The molecule has 2 heterocycles. The highest BCUT2D eigenvalue weighted by Crippen LogP contribution is 2.10. The van der Waals surface area contributed by atoms with E-state index in [1.165, 1.54) is 11.8 Å². The summed E-state index contributed by atoms with van der Waals surface area (Å²) < 4.78 is 0. The van der Waals surface area contributed by atoms with Crippen LogP contribution in [0.4, 0.5) is 5.82 Å². The lowest BCUT2D eigenvalue weighted by atomic mass is 10.3. The van der Waals surface area contributed by atoms with Gasteiger partial charge >= 0.3 is 0 Å². The number of nitrogens with zero attached hydrogens (tertiary/aromatic N) is 2. The zero-order valence-electron chi connectivity index (χ0n) is 7.27. The Morgan fingerprint density at radius 1 is 1.43 bits per heavy atom. The van der Waals surface area contributed by atoms with Crippen molar-refractivity contribution in [1.29, 1.82) is 0 Å². The molecule has 0 fully saturated rings. The number of hydrogen-bond donors (Lipinski definition) is 1. The maximum Gasteiger partial charge on any atom is 0.149 e. The summed E-state index contributed by atoms with van der Waals surface area (Å²) in [6, 6.07) is 2.07. The molecule has 0 aromatic carbocycles. The molecule has 14 heavy (non-hydrogen) atoms. The van der Waals surface area contributed by atoms with Crippen LogP contribution < -0.4 is 5.32 Å². The second-order valence-electron chi connectivity index (χ2n) is 2.71. The van der Waals surface area contributed by atoms with Crippen LogP contribution in [0.3, 0.4) is 0 Å². The Hall–Kier alpha value is -1.13. The largest absolute Gasteiger partial charge is 0.365 e. The molecule has 0 aliphatic carbocycles.